The van der Waals surface area contributed by atoms with Crippen molar-refractivity contribution in [1.82, 2.24) is 35.6 Å². The summed E-state index contributed by atoms with van der Waals surface area (Å²) >= 11 is 2.99. The molecule has 0 saturated heterocycles. The molecule has 23 heteroatoms. The molecule has 0 fully saturated rings. The number of amides is 5. The van der Waals surface area contributed by atoms with Crippen LogP contribution in [0.5, 0.6) is 0 Å². The number of carbonyl (C=O) groups excluding carboxylic acids is 4. The molecule has 4 aromatic rings. The fourth-order valence-corrected chi connectivity index (χ4v) is 11.2. The third kappa shape index (κ3) is 21.9. The van der Waals surface area contributed by atoms with Crippen molar-refractivity contribution in [3.05, 3.63) is 131 Å². The molecule has 0 heterocycles. The van der Waals surface area contributed by atoms with Crippen LogP contribution in [-0.2, 0) is 63.8 Å². The van der Waals surface area contributed by atoms with Crippen molar-refractivity contribution in [2.75, 3.05) is 24.0 Å². The molecule has 0 unspecified atom stereocenters. The number of hydrogen-bond acceptors (Lipinski definition) is 13. The van der Waals surface area contributed by atoms with Crippen molar-refractivity contribution < 1.29 is 45.9 Å². The number of hydrogen-bond donors (Lipinski definition) is 7. The van der Waals surface area contributed by atoms with Crippen LogP contribution in [0.25, 0.3) is 0 Å². The molecule has 4 rings (SSSR count). The van der Waals surface area contributed by atoms with E-state index in [-0.39, 0.29) is 24.6 Å². The first-order valence-electron chi connectivity index (χ1n) is 24.3. The summed E-state index contributed by atoms with van der Waals surface area (Å²) in [5.41, 5.74) is 1.67. The average Bonchev–Trinajstić information content (AvgIpc) is 3.36. The zero-order chi connectivity index (χ0) is 56.1. The highest BCUT2D eigenvalue weighted by molar-refractivity contribution is 7.98. The third-order valence-corrected chi connectivity index (χ3v) is 15.3. The van der Waals surface area contributed by atoms with Crippen LogP contribution in [-0.4, -0.2) is 117 Å². The molecule has 0 saturated carbocycles. The van der Waals surface area contributed by atoms with Gasteiger partial charge in [-0.05, 0) is 94.2 Å². The SMILES string of the molecule is CSCC[C@H](NC(=O)[C@H](NS(=O)(=O)Cc1ccccc1)C(C)(C)C)C(=O)NCc1ccc(N=CN(C=Nc2ccc(CNC(=O)[C@H](CCSC)NC(=O)[C@H](NS(=O)(=O)Cc3ccccc3)C(C)(C)C)cc2)C(=O)O)cc1. The lowest BCUT2D eigenvalue weighted by molar-refractivity contribution is -0.131. The van der Waals surface area contributed by atoms with E-state index in [0.29, 0.717) is 58.0 Å². The monoisotopic (exact) mass is 1120 g/mol. The van der Waals surface area contributed by atoms with E-state index in [9.17, 15) is 45.9 Å². The van der Waals surface area contributed by atoms with Crippen LogP contribution in [0.15, 0.2) is 119 Å². The van der Waals surface area contributed by atoms with Crippen molar-refractivity contribution in [2.45, 2.75) is 103 Å². The molecular formula is C53H71N9O10S4. The summed E-state index contributed by atoms with van der Waals surface area (Å²) in [4.78, 5) is 75.6. The second-order valence-electron chi connectivity index (χ2n) is 20.0. The van der Waals surface area contributed by atoms with E-state index in [0.717, 1.165) is 17.6 Å². The predicted molar refractivity (Wildman–Crippen MR) is 303 cm³/mol. The topological polar surface area (TPSA) is 274 Å². The molecule has 4 atom stereocenters. The highest BCUT2D eigenvalue weighted by Gasteiger charge is 2.38. The van der Waals surface area contributed by atoms with Gasteiger partial charge in [0.05, 0.1) is 22.9 Å². The Hall–Kier alpha value is -6.11. The van der Waals surface area contributed by atoms with Gasteiger partial charge in [-0.1, -0.05) is 126 Å². The molecule has 0 aliphatic carbocycles. The maximum atomic E-state index is 13.7. The highest BCUT2D eigenvalue weighted by Crippen LogP contribution is 2.24. The van der Waals surface area contributed by atoms with Crippen LogP contribution in [0.3, 0.4) is 0 Å². The standard InChI is InChI=1S/C53H71N9O10S4/c1-52(2,3)45(60-75(69,70)33-39-15-11-9-12-16-39)49(65)58-43(27-29-73-7)47(63)54-31-37-19-23-41(24-20-37)56-35-62(51(67)68)36-57-42-25-21-38(22-26-42)32-55-48(64)44(28-30-74-8)59-50(66)46(53(4,5)6)61-76(71,72)34-40-17-13-10-14-18-40/h9-26,35-36,43-46,60-61H,27-34H2,1-8H3,(H,54,63)(H,55,64)(H,58,65)(H,59,66)(H,67,68)/t43-,44-,45-,46-/m0/s1. The number of benzene rings is 4. The van der Waals surface area contributed by atoms with E-state index >= 15 is 0 Å². The van der Waals surface area contributed by atoms with Gasteiger partial charge in [-0.2, -0.15) is 23.5 Å². The van der Waals surface area contributed by atoms with Crippen LogP contribution >= 0.6 is 23.5 Å². The Kier molecular flexibility index (Phi) is 24.2. The van der Waals surface area contributed by atoms with E-state index in [2.05, 4.69) is 40.7 Å². The smallest absolute Gasteiger partial charge is 0.417 e. The fraction of sp³-hybridized carbons (Fsp3) is 0.415. The quantitative estimate of drug-likeness (QED) is 0.0238. The van der Waals surface area contributed by atoms with Crippen molar-refractivity contribution in [1.29, 1.82) is 0 Å². The summed E-state index contributed by atoms with van der Waals surface area (Å²) in [6, 6.07) is 26.4. The van der Waals surface area contributed by atoms with Gasteiger partial charge in [-0.25, -0.2) is 46.0 Å². The maximum Gasteiger partial charge on any atom is 0.417 e. The van der Waals surface area contributed by atoms with Gasteiger partial charge in [0.1, 0.15) is 36.8 Å². The number of carbonyl (C=O) groups is 5. The maximum absolute atomic E-state index is 13.7. The average molecular weight is 1120 g/mol. The lowest BCUT2D eigenvalue weighted by Crippen LogP contribution is -2.57. The fourth-order valence-electron chi connectivity index (χ4n) is 7.21. The van der Waals surface area contributed by atoms with Gasteiger partial charge in [0.15, 0.2) is 0 Å². The number of nitrogens with zero attached hydrogens (tertiary/aromatic N) is 3. The molecule has 412 valence electrons. The van der Waals surface area contributed by atoms with E-state index in [4.69, 9.17) is 0 Å². The number of nitrogens with one attached hydrogen (secondary N) is 6. The second kappa shape index (κ2) is 29.4. The molecule has 0 aliphatic heterocycles. The summed E-state index contributed by atoms with van der Waals surface area (Å²) in [6.45, 7) is 10.6. The summed E-state index contributed by atoms with van der Waals surface area (Å²) in [5.74, 6) is -1.68. The first-order valence-corrected chi connectivity index (χ1v) is 30.4. The van der Waals surface area contributed by atoms with Crippen LogP contribution in [0.1, 0.15) is 76.6 Å². The molecule has 19 nitrogen and oxygen atoms in total. The van der Waals surface area contributed by atoms with E-state index < -0.39 is 84.8 Å². The zero-order valence-corrected chi connectivity index (χ0v) is 47.4. The van der Waals surface area contributed by atoms with E-state index in [1.54, 1.807) is 151 Å². The van der Waals surface area contributed by atoms with Gasteiger partial charge in [0, 0.05) is 13.1 Å². The Morgan fingerprint density at radius 3 is 1.18 bits per heavy atom. The number of rotatable bonds is 28. The number of thioether (sulfide) groups is 2. The largest absolute Gasteiger partial charge is 0.464 e. The van der Waals surface area contributed by atoms with E-state index in [1.807, 2.05) is 12.5 Å². The second-order valence-corrected chi connectivity index (χ2v) is 25.4. The summed E-state index contributed by atoms with van der Waals surface area (Å²) in [5, 5.41) is 21.1. The van der Waals surface area contributed by atoms with Crippen LogP contribution in [0.4, 0.5) is 16.2 Å². The molecule has 0 spiro atoms. The van der Waals surface area contributed by atoms with Gasteiger partial charge in [0.25, 0.3) is 0 Å². The molecule has 0 radical (unpaired) electrons. The van der Waals surface area contributed by atoms with Gasteiger partial charge >= 0.3 is 6.09 Å². The summed E-state index contributed by atoms with van der Waals surface area (Å²) in [7, 11) is -7.86. The normalized spacial score (nSPS) is 13.8. The zero-order valence-electron chi connectivity index (χ0n) is 44.1. The Morgan fingerprint density at radius 2 is 0.882 bits per heavy atom. The molecule has 4 aromatic carbocycles. The molecule has 76 heavy (non-hydrogen) atoms. The molecule has 0 aromatic heterocycles. The van der Waals surface area contributed by atoms with Crippen molar-refractivity contribution >= 4 is 97.3 Å². The molecule has 0 bridgehead atoms. The van der Waals surface area contributed by atoms with Gasteiger partial charge in [0.2, 0.25) is 43.7 Å². The first-order chi connectivity index (χ1) is 35.8. The van der Waals surface area contributed by atoms with Crippen LogP contribution in [0, 0.1) is 10.8 Å². The Bertz CT molecular complexity index is 2640. The minimum Gasteiger partial charge on any atom is -0.464 e. The summed E-state index contributed by atoms with van der Waals surface area (Å²) in [6.07, 6.45) is 5.14. The molecule has 7 N–H and O–H groups in total. The Labute approximate surface area is 455 Å². The number of aliphatic imine (C=N–C) groups is 2. The lowest BCUT2D eigenvalue weighted by atomic mass is 9.86. The first kappa shape index (κ1) is 62.4. The van der Waals surface area contributed by atoms with Crippen molar-refractivity contribution in [3.63, 3.8) is 0 Å². The van der Waals surface area contributed by atoms with Crippen molar-refractivity contribution in [3.8, 4) is 0 Å². The van der Waals surface area contributed by atoms with Crippen LogP contribution < -0.4 is 30.7 Å². The number of sulfonamides is 2. The molecule has 0 aliphatic rings. The van der Waals surface area contributed by atoms with Gasteiger partial charge in [-0.3, -0.25) is 19.2 Å². The third-order valence-electron chi connectivity index (χ3n) is 11.4. The lowest BCUT2D eigenvalue weighted by Gasteiger charge is -2.31. The Morgan fingerprint density at radius 1 is 0.539 bits per heavy atom. The predicted octanol–water partition coefficient (Wildman–Crippen LogP) is 6.46. The minimum atomic E-state index is -3.93. The summed E-state index contributed by atoms with van der Waals surface area (Å²) < 4.78 is 57.7. The number of carboxylic acid groups (broad SMARTS) is 1. The molecule has 5 amide bonds. The highest BCUT2D eigenvalue weighted by atomic mass is 32.2. The van der Waals surface area contributed by atoms with Crippen LogP contribution in [0.2, 0.25) is 0 Å². The van der Waals surface area contributed by atoms with E-state index in [1.165, 1.54) is 23.5 Å². The Balaban J connectivity index is 1.32. The van der Waals surface area contributed by atoms with Gasteiger partial charge in [-0.15, -0.1) is 0 Å². The van der Waals surface area contributed by atoms with Gasteiger partial charge < -0.3 is 26.4 Å². The van der Waals surface area contributed by atoms with Crippen molar-refractivity contribution in [2.24, 2.45) is 20.8 Å². The molecular weight excluding hydrogens is 1050 g/mol. The minimum absolute atomic E-state index is 0.0961.